The van der Waals surface area contributed by atoms with Crippen LogP contribution in [0.25, 0.3) is 0 Å². The van der Waals surface area contributed by atoms with Crippen molar-refractivity contribution in [2.45, 2.75) is 37.8 Å². The number of aliphatic hydroxyl groups excluding tert-OH is 1. The number of rotatable bonds is 5. The molecule has 92 valence electrons. The van der Waals surface area contributed by atoms with Gasteiger partial charge >= 0.3 is 5.97 Å². The summed E-state index contributed by atoms with van der Waals surface area (Å²) in [5.74, 6) is -1.26. The number of carbonyl (C=O) groups is 2. The average molecular weight is 230 g/mol. The highest BCUT2D eigenvalue weighted by atomic mass is 16.4. The average Bonchev–Trinajstić information content (AvgIpc) is 2.61. The molecule has 1 heterocycles. The quantitative estimate of drug-likeness (QED) is 0.534. The first kappa shape index (κ1) is 12.9. The molecule has 0 aromatic rings. The van der Waals surface area contributed by atoms with Crippen LogP contribution in [0.2, 0.25) is 0 Å². The fourth-order valence-corrected chi connectivity index (χ4v) is 1.89. The van der Waals surface area contributed by atoms with E-state index < -0.39 is 18.1 Å². The zero-order valence-corrected chi connectivity index (χ0v) is 9.13. The van der Waals surface area contributed by atoms with Gasteiger partial charge in [-0.3, -0.25) is 4.79 Å². The van der Waals surface area contributed by atoms with Gasteiger partial charge in [0.05, 0.1) is 6.10 Å². The van der Waals surface area contributed by atoms with Crippen molar-refractivity contribution in [1.29, 1.82) is 0 Å². The van der Waals surface area contributed by atoms with E-state index in [0.717, 1.165) is 6.42 Å². The number of likely N-dealkylation sites (tertiary alicyclic amines) is 1. The molecule has 1 aliphatic heterocycles. The molecule has 1 fully saturated rings. The summed E-state index contributed by atoms with van der Waals surface area (Å²) in [6.45, 7) is 0.649. The van der Waals surface area contributed by atoms with Crippen molar-refractivity contribution in [3.63, 3.8) is 0 Å². The van der Waals surface area contributed by atoms with Crippen LogP contribution < -0.4 is 5.73 Å². The Hall–Kier alpha value is -1.14. The van der Waals surface area contributed by atoms with Crippen LogP contribution in [0, 0.1) is 0 Å². The zero-order valence-electron chi connectivity index (χ0n) is 9.13. The van der Waals surface area contributed by atoms with Gasteiger partial charge in [-0.2, -0.15) is 0 Å². The predicted molar refractivity (Wildman–Crippen MR) is 56.7 cm³/mol. The maximum atomic E-state index is 11.7. The maximum Gasteiger partial charge on any atom is 0.326 e. The van der Waals surface area contributed by atoms with E-state index in [1.54, 1.807) is 0 Å². The molecule has 0 radical (unpaired) electrons. The van der Waals surface area contributed by atoms with E-state index in [2.05, 4.69) is 0 Å². The van der Waals surface area contributed by atoms with E-state index in [1.807, 2.05) is 0 Å². The van der Waals surface area contributed by atoms with E-state index in [4.69, 9.17) is 10.8 Å². The van der Waals surface area contributed by atoms with Gasteiger partial charge in [-0.1, -0.05) is 0 Å². The first-order chi connectivity index (χ1) is 7.56. The van der Waals surface area contributed by atoms with Crippen molar-refractivity contribution in [1.82, 2.24) is 4.90 Å². The lowest BCUT2D eigenvalue weighted by atomic mass is 10.2. The Bertz CT molecular complexity index is 270. The number of hydrogen-bond acceptors (Lipinski definition) is 4. The lowest BCUT2D eigenvalue weighted by Crippen LogP contribution is -2.40. The summed E-state index contributed by atoms with van der Waals surface area (Å²) in [6.07, 6.45) is 1.11. The second-order valence-corrected chi connectivity index (χ2v) is 4.04. The summed E-state index contributed by atoms with van der Waals surface area (Å²) >= 11 is 0. The molecule has 6 heteroatoms. The first-order valence-corrected chi connectivity index (χ1v) is 5.46. The number of carboxylic acids is 1. The number of nitrogens with zero attached hydrogens (tertiary/aromatic N) is 1. The number of nitrogens with two attached hydrogens (primary N) is 1. The second kappa shape index (κ2) is 5.81. The standard InChI is InChI=1S/C10H18N2O4/c11-4-2-1-3-9(14)12-6-7(13)5-8(12)10(15)16/h7-8,13H,1-6,11H2,(H,15,16)/t7-,8-/m1/s1. The van der Waals surface area contributed by atoms with E-state index in [0.29, 0.717) is 19.4 Å². The molecule has 1 rings (SSSR count). The Morgan fingerprint density at radius 1 is 1.38 bits per heavy atom. The van der Waals surface area contributed by atoms with Gasteiger partial charge in [0, 0.05) is 19.4 Å². The topological polar surface area (TPSA) is 104 Å². The number of carbonyl (C=O) groups excluding carboxylic acids is 1. The SMILES string of the molecule is NCCCCC(=O)N1C[C@H](O)C[C@@H]1C(=O)O. The van der Waals surface area contributed by atoms with Crippen molar-refractivity contribution < 1.29 is 19.8 Å². The third kappa shape index (κ3) is 3.18. The molecule has 4 N–H and O–H groups in total. The molecule has 0 unspecified atom stereocenters. The van der Waals surface area contributed by atoms with Crippen molar-refractivity contribution in [3.05, 3.63) is 0 Å². The molecule has 0 bridgehead atoms. The molecule has 0 spiro atoms. The lowest BCUT2D eigenvalue weighted by Gasteiger charge is -2.20. The van der Waals surface area contributed by atoms with Crippen molar-refractivity contribution >= 4 is 11.9 Å². The second-order valence-electron chi connectivity index (χ2n) is 4.04. The molecule has 1 saturated heterocycles. The smallest absolute Gasteiger partial charge is 0.326 e. The molecule has 16 heavy (non-hydrogen) atoms. The van der Waals surface area contributed by atoms with Gasteiger partial charge in [0.2, 0.25) is 5.91 Å². The summed E-state index contributed by atoms with van der Waals surface area (Å²) in [5, 5.41) is 18.3. The molecular formula is C10H18N2O4. The molecule has 0 aromatic carbocycles. The Morgan fingerprint density at radius 3 is 2.62 bits per heavy atom. The molecule has 1 aliphatic rings. The number of aliphatic hydroxyl groups is 1. The Labute approximate surface area is 94.0 Å². The van der Waals surface area contributed by atoms with Gasteiger partial charge in [-0.15, -0.1) is 0 Å². The van der Waals surface area contributed by atoms with Gasteiger partial charge in [-0.05, 0) is 19.4 Å². The highest BCUT2D eigenvalue weighted by Crippen LogP contribution is 2.19. The highest BCUT2D eigenvalue weighted by molar-refractivity contribution is 5.84. The predicted octanol–water partition coefficient (Wildman–Crippen LogP) is -0.838. The molecular weight excluding hydrogens is 212 g/mol. The van der Waals surface area contributed by atoms with Crippen LogP contribution in [-0.4, -0.2) is 52.2 Å². The van der Waals surface area contributed by atoms with E-state index in [1.165, 1.54) is 4.90 Å². The summed E-state index contributed by atoms with van der Waals surface area (Å²) in [5.41, 5.74) is 5.31. The number of unbranched alkanes of at least 4 members (excludes halogenated alkanes) is 1. The van der Waals surface area contributed by atoms with Crippen molar-refractivity contribution in [3.8, 4) is 0 Å². The summed E-state index contributed by atoms with van der Waals surface area (Å²) in [6, 6.07) is -0.875. The van der Waals surface area contributed by atoms with Crippen molar-refractivity contribution in [2.75, 3.05) is 13.1 Å². The molecule has 0 aromatic heterocycles. The Kier molecular flexibility index (Phi) is 4.70. The zero-order chi connectivity index (χ0) is 12.1. The monoisotopic (exact) mass is 230 g/mol. The first-order valence-electron chi connectivity index (χ1n) is 5.46. The molecule has 6 nitrogen and oxygen atoms in total. The van der Waals surface area contributed by atoms with Gasteiger partial charge in [0.25, 0.3) is 0 Å². The molecule has 2 atom stereocenters. The van der Waals surface area contributed by atoms with Crippen LogP contribution in [0.15, 0.2) is 0 Å². The molecule has 0 saturated carbocycles. The van der Waals surface area contributed by atoms with E-state index in [9.17, 15) is 14.7 Å². The van der Waals surface area contributed by atoms with Gasteiger partial charge in [-0.25, -0.2) is 4.79 Å². The largest absolute Gasteiger partial charge is 0.480 e. The van der Waals surface area contributed by atoms with E-state index in [-0.39, 0.29) is 18.9 Å². The summed E-state index contributed by atoms with van der Waals surface area (Å²) in [4.78, 5) is 23.8. The third-order valence-corrected chi connectivity index (χ3v) is 2.73. The lowest BCUT2D eigenvalue weighted by molar-refractivity contribution is -0.148. The minimum Gasteiger partial charge on any atom is -0.480 e. The number of hydrogen-bond donors (Lipinski definition) is 3. The fourth-order valence-electron chi connectivity index (χ4n) is 1.89. The summed E-state index contributed by atoms with van der Waals surface area (Å²) < 4.78 is 0. The van der Waals surface area contributed by atoms with Gasteiger partial charge in [0.1, 0.15) is 6.04 Å². The van der Waals surface area contributed by atoms with Gasteiger partial charge in [0.15, 0.2) is 0 Å². The minimum atomic E-state index is -1.05. The van der Waals surface area contributed by atoms with Crippen LogP contribution in [0.1, 0.15) is 25.7 Å². The Balaban J connectivity index is 2.50. The van der Waals surface area contributed by atoms with E-state index >= 15 is 0 Å². The Morgan fingerprint density at radius 2 is 2.06 bits per heavy atom. The summed E-state index contributed by atoms with van der Waals surface area (Å²) in [7, 11) is 0. The van der Waals surface area contributed by atoms with Gasteiger partial charge < -0.3 is 20.8 Å². The molecule has 1 amide bonds. The normalized spacial score (nSPS) is 24.8. The van der Waals surface area contributed by atoms with Crippen LogP contribution in [0.4, 0.5) is 0 Å². The van der Waals surface area contributed by atoms with Crippen molar-refractivity contribution in [2.24, 2.45) is 5.73 Å². The number of β-amino-alcohol motifs (C(OH)–C–C–N with tert-alkyl or cyclic N) is 1. The maximum absolute atomic E-state index is 11.7. The van der Waals surface area contributed by atoms with Crippen LogP contribution >= 0.6 is 0 Å². The number of amides is 1. The van der Waals surface area contributed by atoms with Crippen LogP contribution in [0.5, 0.6) is 0 Å². The highest BCUT2D eigenvalue weighted by Gasteiger charge is 2.38. The van der Waals surface area contributed by atoms with Crippen LogP contribution in [0.3, 0.4) is 0 Å². The third-order valence-electron chi connectivity index (χ3n) is 2.73. The minimum absolute atomic E-state index is 0.123. The fraction of sp³-hybridized carbons (Fsp3) is 0.800. The number of carboxylic acid groups (broad SMARTS) is 1. The molecule has 0 aliphatic carbocycles. The number of aliphatic carboxylic acids is 1. The van der Waals surface area contributed by atoms with Crippen LogP contribution in [-0.2, 0) is 9.59 Å².